The first-order chi connectivity index (χ1) is 12.6. The quantitative estimate of drug-likeness (QED) is 0.746. The molecule has 0 saturated heterocycles. The molecule has 4 rings (SSSR count). The minimum Gasteiger partial charge on any atom is -0.305 e. The Morgan fingerprint density at radius 2 is 2.15 bits per heavy atom. The number of halogens is 1. The zero-order valence-electron chi connectivity index (χ0n) is 14.4. The van der Waals surface area contributed by atoms with E-state index in [1.807, 2.05) is 11.6 Å². The average Bonchev–Trinajstić information content (AvgIpc) is 3.01. The van der Waals surface area contributed by atoms with Crippen molar-refractivity contribution in [2.75, 3.05) is 5.32 Å². The molecule has 0 bridgehead atoms. The van der Waals surface area contributed by atoms with Crippen molar-refractivity contribution in [3.8, 4) is 0 Å². The number of fused-ring (bicyclic) bond motifs is 1. The number of carbonyl (C=O) groups excluding carboxylic acids is 1. The Labute approximate surface area is 157 Å². The number of benzene rings is 1. The van der Waals surface area contributed by atoms with E-state index < -0.39 is 0 Å². The molecule has 0 fully saturated rings. The van der Waals surface area contributed by atoms with Gasteiger partial charge in [-0.05, 0) is 49.4 Å². The predicted octanol–water partition coefficient (Wildman–Crippen LogP) is 4.42. The lowest BCUT2D eigenvalue weighted by Crippen LogP contribution is -2.23. The van der Waals surface area contributed by atoms with Crippen LogP contribution in [0.4, 0.5) is 5.82 Å². The molecule has 2 heterocycles. The number of carbonyl (C=O) groups is 1. The third-order valence-corrected chi connectivity index (χ3v) is 5.03. The largest absolute Gasteiger partial charge is 0.305 e. The van der Waals surface area contributed by atoms with Crippen molar-refractivity contribution in [3.63, 3.8) is 0 Å². The molecule has 26 heavy (non-hydrogen) atoms. The monoisotopic (exact) mass is 366 g/mol. The molecule has 1 aliphatic rings. The molecule has 6 heteroatoms. The van der Waals surface area contributed by atoms with Gasteiger partial charge in [-0.3, -0.25) is 9.78 Å². The Kier molecular flexibility index (Phi) is 4.47. The molecule has 1 aliphatic carbocycles. The van der Waals surface area contributed by atoms with Crippen LogP contribution in [-0.2, 0) is 6.42 Å². The molecule has 1 aromatic carbocycles. The zero-order chi connectivity index (χ0) is 18.1. The van der Waals surface area contributed by atoms with Crippen molar-refractivity contribution in [3.05, 3.63) is 76.2 Å². The van der Waals surface area contributed by atoms with Crippen LogP contribution in [0.2, 0.25) is 5.02 Å². The van der Waals surface area contributed by atoms with E-state index in [2.05, 4.69) is 39.7 Å². The third kappa shape index (κ3) is 3.10. The van der Waals surface area contributed by atoms with Gasteiger partial charge in [-0.25, -0.2) is 4.68 Å². The number of aryl methyl sites for hydroxylation is 2. The number of anilines is 1. The van der Waals surface area contributed by atoms with Crippen LogP contribution in [0, 0.1) is 6.92 Å². The van der Waals surface area contributed by atoms with Crippen molar-refractivity contribution in [1.29, 1.82) is 0 Å². The molecule has 0 radical (unpaired) electrons. The molecule has 3 aromatic rings. The summed E-state index contributed by atoms with van der Waals surface area (Å²) in [4.78, 5) is 16.7. The molecule has 5 nitrogen and oxygen atoms in total. The summed E-state index contributed by atoms with van der Waals surface area (Å²) in [5.41, 5.74) is 3.83. The van der Waals surface area contributed by atoms with Crippen LogP contribution in [0.1, 0.15) is 46.1 Å². The van der Waals surface area contributed by atoms with E-state index in [1.165, 1.54) is 17.3 Å². The van der Waals surface area contributed by atoms with Crippen molar-refractivity contribution in [2.24, 2.45) is 0 Å². The summed E-state index contributed by atoms with van der Waals surface area (Å²) in [6, 6.07) is 11.8. The number of hydrogen-bond donors (Lipinski definition) is 1. The second kappa shape index (κ2) is 6.92. The van der Waals surface area contributed by atoms with Gasteiger partial charge in [0.15, 0.2) is 0 Å². The minimum atomic E-state index is -0.290. The van der Waals surface area contributed by atoms with Gasteiger partial charge in [-0.2, -0.15) is 5.10 Å². The first-order valence-electron chi connectivity index (χ1n) is 8.68. The standard InChI is InChI=1S/C20H19ClN4O/c1-13-12-23-25(18-8-4-6-14-5-2-3-7-16(14)18)19(13)24-20(26)17-11-15(21)9-10-22-17/h2-3,5,7,9-12,18H,4,6,8H2,1H3,(H,24,26). The van der Waals surface area contributed by atoms with E-state index in [0.717, 1.165) is 24.8 Å². The van der Waals surface area contributed by atoms with Crippen LogP contribution in [0.15, 0.2) is 48.8 Å². The van der Waals surface area contributed by atoms with Gasteiger partial charge in [0.2, 0.25) is 0 Å². The first-order valence-corrected chi connectivity index (χ1v) is 9.06. The number of nitrogens with one attached hydrogen (secondary N) is 1. The molecule has 1 atom stereocenters. The SMILES string of the molecule is Cc1cnn(C2CCCc3ccccc32)c1NC(=O)c1cc(Cl)ccn1. The number of hydrogen-bond acceptors (Lipinski definition) is 3. The topological polar surface area (TPSA) is 59.8 Å². The molecular weight excluding hydrogens is 348 g/mol. The van der Waals surface area contributed by atoms with Gasteiger partial charge < -0.3 is 5.32 Å². The highest BCUT2D eigenvalue weighted by molar-refractivity contribution is 6.30. The first kappa shape index (κ1) is 16.8. The number of pyridine rings is 1. The highest BCUT2D eigenvalue weighted by atomic mass is 35.5. The summed E-state index contributed by atoms with van der Waals surface area (Å²) < 4.78 is 1.93. The number of nitrogens with zero attached hydrogens (tertiary/aromatic N) is 3. The Bertz CT molecular complexity index is 966. The molecular formula is C20H19ClN4O. The highest BCUT2D eigenvalue weighted by Gasteiger charge is 2.25. The van der Waals surface area contributed by atoms with Gasteiger partial charge in [0.05, 0.1) is 12.2 Å². The molecule has 2 aromatic heterocycles. The fourth-order valence-corrected chi connectivity index (χ4v) is 3.68. The van der Waals surface area contributed by atoms with Gasteiger partial charge in [0.1, 0.15) is 11.5 Å². The second-order valence-corrected chi connectivity index (χ2v) is 6.98. The predicted molar refractivity (Wildman–Crippen MR) is 102 cm³/mol. The summed E-state index contributed by atoms with van der Waals surface area (Å²) in [6.45, 7) is 1.94. The van der Waals surface area contributed by atoms with Gasteiger partial charge in [-0.1, -0.05) is 35.9 Å². The lowest BCUT2D eigenvalue weighted by Gasteiger charge is -2.27. The summed E-state index contributed by atoms with van der Waals surface area (Å²) in [7, 11) is 0. The maximum absolute atomic E-state index is 12.6. The molecule has 1 amide bonds. The third-order valence-electron chi connectivity index (χ3n) is 4.80. The molecule has 132 valence electrons. The summed E-state index contributed by atoms with van der Waals surface area (Å²) in [5, 5.41) is 8.01. The van der Waals surface area contributed by atoms with Crippen molar-refractivity contribution in [1.82, 2.24) is 14.8 Å². The van der Waals surface area contributed by atoms with E-state index in [1.54, 1.807) is 18.3 Å². The molecule has 0 saturated carbocycles. The maximum Gasteiger partial charge on any atom is 0.275 e. The smallest absolute Gasteiger partial charge is 0.275 e. The van der Waals surface area contributed by atoms with E-state index >= 15 is 0 Å². The Hall–Kier alpha value is -2.66. The molecule has 1 unspecified atom stereocenters. The van der Waals surface area contributed by atoms with Gasteiger partial charge >= 0.3 is 0 Å². The minimum absolute atomic E-state index is 0.122. The van der Waals surface area contributed by atoms with Crippen LogP contribution >= 0.6 is 11.6 Å². The summed E-state index contributed by atoms with van der Waals surface area (Å²) in [5.74, 6) is 0.417. The van der Waals surface area contributed by atoms with E-state index in [0.29, 0.717) is 10.8 Å². The fourth-order valence-electron chi connectivity index (χ4n) is 3.52. The fraction of sp³-hybridized carbons (Fsp3) is 0.250. The lowest BCUT2D eigenvalue weighted by molar-refractivity contribution is 0.102. The lowest BCUT2D eigenvalue weighted by atomic mass is 9.88. The number of rotatable bonds is 3. The molecule has 0 spiro atoms. The van der Waals surface area contributed by atoms with Gasteiger partial charge in [0, 0.05) is 16.8 Å². The summed E-state index contributed by atoms with van der Waals surface area (Å²) in [6.07, 6.45) is 6.50. The van der Waals surface area contributed by atoms with Crippen molar-refractivity contribution in [2.45, 2.75) is 32.2 Å². The van der Waals surface area contributed by atoms with E-state index in [-0.39, 0.29) is 17.6 Å². The average molecular weight is 367 g/mol. The second-order valence-electron chi connectivity index (χ2n) is 6.54. The highest BCUT2D eigenvalue weighted by Crippen LogP contribution is 2.35. The maximum atomic E-state index is 12.6. The van der Waals surface area contributed by atoms with E-state index in [4.69, 9.17) is 11.6 Å². The van der Waals surface area contributed by atoms with Crippen LogP contribution in [0.25, 0.3) is 0 Å². The van der Waals surface area contributed by atoms with Crippen molar-refractivity contribution >= 4 is 23.3 Å². The van der Waals surface area contributed by atoms with Crippen LogP contribution in [0.5, 0.6) is 0 Å². The molecule has 1 N–H and O–H groups in total. The summed E-state index contributed by atoms with van der Waals surface area (Å²) >= 11 is 5.97. The van der Waals surface area contributed by atoms with Gasteiger partial charge in [-0.15, -0.1) is 0 Å². The Balaban J connectivity index is 1.68. The molecule has 0 aliphatic heterocycles. The van der Waals surface area contributed by atoms with E-state index in [9.17, 15) is 4.79 Å². The Morgan fingerprint density at radius 3 is 3.00 bits per heavy atom. The van der Waals surface area contributed by atoms with Gasteiger partial charge in [0.25, 0.3) is 5.91 Å². The van der Waals surface area contributed by atoms with Crippen LogP contribution in [-0.4, -0.2) is 20.7 Å². The van der Waals surface area contributed by atoms with Crippen molar-refractivity contribution < 1.29 is 4.79 Å². The Morgan fingerprint density at radius 1 is 1.31 bits per heavy atom. The van der Waals surface area contributed by atoms with Crippen LogP contribution in [0.3, 0.4) is 0 Å². The number of amides is 1. The van der Waals surface area contributed by atoms with Crippen LogP contribution < -0.4 is 5.32 Å². The normalized spacial score (nSPS) is 16.2. The number of aromatic nitrogens is 3. The zero-order valence-corrected chi connectivity index (χ0v) is 15.2.